The zero-order valence-electron chi connectivity index (χ0n) is 6.71. The molecule has 6 heteroatoms. The lowest BCUT2D eigenvalue weighted by molar-refractivity contribution is 0.607. The summed E-state index contributed by atoms with van der Waals surface area (Å²) in [6.07, 6.45) is 1.05. The van der Waals surface area contributed by atoms with Crippen molar-refractivity contribution >= 4 is 38.9 Å². The number of halogens is 2. The third-order valence-corrected chi connectivity index (χ3v) is 2.38. The first-order valence-electron chi connectivity index (χ1n) is 3.31. The van der Waals surface area contributed by atoms with E-state index in [1.54, 1.807) is 6.07 Å². The Kier molecular flexibility index (Phi) is 3.05. The van der Waals surface area contributed by atoms with Crippen LogP contribution in [0.1, 0.15) is 0 Å². The second-order valence-electron chi connectivity index (χ2n) is 2.50. The van der Waals surface area contributed by atoms with E-state index in [2.05, 4.69) is 4.72 Å². The quantitative estimate of drug-likeness (QED) is 0.862. The van der Waals surface area contributed by atoms with Crippen molar-refractivity contribution in [3.05, 3.63) is 28.2 Å². The van der Waals surface area contributed by atoms with Gasteiger partial charge in [-0.3, -0.25) is 4.72 Å². The molecule has 0 heterocycles. The minimum Gasteiger partial charge on any atom is -0.282 e. The fourth-order valence-electron chi connectivity index (χ4n) is 0.775. The highest BCUT2D eigenvalue weighted by Crippen LogP contribution is 2.25. The average Bonchev–Trinajstić information content (AvgIpc) is 1.94. The maximum Gasteiger partial charge on any atom is 0.229 e. The molecule has 0 amide bonds. The Morgan fingerprint density at radius 2 is 1.92 bits per heavy atom. The number of nitrogens with one attached hydrogen (secondary N) is 1. The summed E-state index contributed by atoms with van der Waals surface area (Å²) < 4.78 is 23.9. The summed E-state index contributed by atoms with van der Waals surface area (Å²) in [6.45, 7) is 0. The van der Waals surface area contributed by atoms with E-state index in [0.717, 1.165) is 6.26 Å². The molecule has 0 aliphatic heterocycles. The van der Waals surface area contributed by atoms with Crippen molar-refractivity contribution in [2.75, 3.05) is 11.0 Å². The highest BCUT2D eigenvalue weighted by Gasteiger charge is 2.06. The second kappa shape index (κ2) is 3.74. The normalized spacial score (nSPS) is 11.3. The molecule has 0 aliphatic rings. The first-order valence-corrected chi connectivity index (χ1v) is 5.96. The first kappa shape index (κ1) is 10.6. The Balaban J connectivity index is 3.08. The SMILES string of the molecule is CS(=O)(=O)Nc1cc(Cl)ccc1Cl. The van der Waals surface area contributed by atoms with Gasteiger partial charge in [-0.2, -0.15) is 0 Å². The first-order chi connectivity index (χ1) is 5.88. The highest BCUT2D eigenvalue weighted by molar-refractivity contribution is 7.92. The molecule has 0 radical (unpaired) electrons. The topological polar surface area (TPSA) is 46.2 Å². The zero-order valence-corrected chi connectivity index (χ0v) is 9.04. The van der Waals surface area contributed by atoms with Gasteiger partial charge in [-0.1, -0.05) is 23.2 Å². The molecule has 0 unspecified atom stereocenters. The monoisotopic (exact) mass is 239 g/mol. The summed E-state index contributed by atoms with van der Waals surface area (Å²) in [6, 6.07) is 4.56. The fourth-order valence-corrected chi connectivity index (χ4v) is 1.74. The van der Waals surface area contributed by atoms with E-state index >= 15 is 0 Å². The summed E-state index contributed by atoms with van der Waals surface area (Å²) >= 11 is 11.4. The Labute approximate surface area is 86.7 Å². The lowest BCUT2D eigenvalue weighted by atomic mass is 10.3. The molecule has 72 valence electrons. The van der Waals surface area contributed by atoms with Crippen LogP contribution in [-0.2, 0) is 10.0 Å². The fraction of sp³-hybridized carbons (Fsp3) is 0.143. The summed E-state index contributed by atoms with van der Waals surface area (Å²) in [5.41, 5.74) is 0.289. The highest BCUT2D eigenvalue weighted by atomic mass is 35.5. The summed E-state index contributed by atoms with van der Waals surface area (Å²) in [5.74, 6) is 0. The van der Waals surface area contributed by atoms with Crippen molar-refractivity contribution in [2.24, 2.45) is 0 Å². The smallest absolute Gasteiger partial charge is 0.229 e. The molecule has 0 saturated carbocycles. The Hall–Kier alpha value is -0.450. The van der Waals surface area contributed by atoms with E-state index < -0.39 is 10.0 Å². The van der Waals surface area contributed by atoms with Crippen molar-refractivity contribution in [3.8, 4) is 0 Å². The van der Waals surface area contributed by atoms with E-state index in [-0.39, 0.29) is 5.69 Å². The molecule has 0 fully saturated rings. The van der Waals surface area contributed by atoms with Gasteiger partial charge in [0.05, 0.1) is 17.0 Å². The van der Waals surface area contributed by atoms with Crippen LogP contribution in [-0.4, -0.2) is 14.7 Å². The summed E-state index contributed by atoms with van der Waals surface area (Å²) in [5, 5.41) is 0.741. The Bertz CT molecular complexity index is 417. The van der Waals surface area contributed by atoms with Crippen LogP contribution < -0.4 is 4.72 Å². The van der Waals surface area contributed by atoms with Crippen molar-refractivity contribution in [3.63, 3.8) is 0 Å². The van der Waals surface area contributed by atoms with Crippen molar-refractivity contribution < 1.29 is 8.42 Å². The lowest BCUT2D eigenvalue weighted by Gasteiger charge is -2.05. The van der Waals surface area contributed by atoms with E-state index in [9.17, 15) is 8.42 Å². The van der Waals surface area contributed by atoms with Gasteiger partial charge in [-0.25, -0.2) is 8.42 Å². The van der Waals surface area contributed by atoms with Gasteiger partial charge in [0, 0.05) is 5.02 Å². The van der Waals surface area contributed by atoms with Gasteiger partial charge in [-0.05, 0) is 18.2 Å². The standard InChI is InChI=1S/C7H7Cl2NO2S/c1-13(11,12)10-7-4-5(8)2-3-6(7)9/h2-4,10H,1H3. The molecular weight excluding hydrogens is 233 g/mol. The minimum atomic E-state index is -3.31. The zero-order chi connectivity index (χ0) is 10.1. The molecule has 0 bridgehead atoms. The Morgan fingerprint density at radius 3 is 2.46 bits per heavy atom. The van der Waals surface area contributed by atoms with Crippen LogP contribution in [0, 0.1) is 0 Å². The third-order valence-electron chi connectivity index (χ3n) is 1.22. The summed E-state index contributed by atoms with van der Waals surface area (Å²) in [4.78, 5) is 0. The van der Waals surface area contributed by atoms with Gasteiger partial charge in [0.25, 0.3) is 0 Å². The second-order valence-corrected chi connectivity index (χ2v) is 5.09. The van der Waals surface area contributed by atoms with Gasteiger partial charge in [0.1, 0.15) is 0 Å². The molecule has 1 rings (SSSR count). The molecule has 1 aromatic rings. The van der Waals surface area contributed by atoms with Gasteiger partial charge >= 0.3 is 0 Å². The van der Waals surface area contributed by atoms with Crippen molar-refractivity contribution in [1.82, 2.24) is 0 Å². The molecule has 0 spiro atoms. The molecule has 3 nitrogen and oxygen atoms in total. The minimum absolute atomic E-state index is 0.289. The number of hydrogen-bond donors (Lipinski definition) is 1. The molecule has 1 aromatic carbocycles. The van der Waals surface area contributed by atoms with Gasteiger partial charge in [0.2, 0.25) is 10.0 Å². The maximum absolute atomic E-state index is 10.9. The number of hydrogen-bond acceptors (Lipinski definition) is 2. The largest absolute Gasteiger partial charge is 0.282 e. The maximum atomic E-state index is 10.9. The number of sulfonamides is 1. The molecule has 0 atom stereocenters. The molecule has 0 aliphatic carbocycles. The molecular formula is C7H7Cl2NO2S. The van der Waals surface area contributed by atoms with E-state index in [4.69, 9.17) is 23.2 Å². The molecule has 13 heavy (non-hydrogen) atoms. The number of rotatable bonds is 2. The summed E-state index contributed by atoms with van der Waals surface area (Å²) in [7, 11) is -3.31. The van der Waals surface area contributed by atoms with Crippen LogP contribution in [0.4, 0.5) is 5.69 Å². The van der Waals surface area contributed by atoms with Gasteiger partial charge in [0.15, 0.2) is 0 Å². The van der Waals surface area contributed by atoms with E-state index in [0.29, 0.717) is 10.0 Å². The number of anilines is 1. The predicted octanol–water partition coefficient (Wildman–Crippen LogP) is 2.36. The van der Waals surface area contributed by atoms with Crippen LogP contribution in [0.15, 0.2) is 18.2 Å². The molecule has 0 aromatic heterocycles. The van der Waals surface area contributed by atoms with Gasteiger partial charge in [-0.15, -0.1) is 0 Å². The van der Waals surface area contributed by atoms with Crippen LogP contribution in [0.2, 0.25) is 10.0 Å². The average molecular weight is 240 g/mol. The van der Waals surface area contributed by atoms with E-state index in [1.165, 1.54) is 12.1 Å². The molecule has 1 N–H and O–H groups in total. The van der Waals surface area contributed by atoms with Crippen LogP contribution in [0.25, 0.3) is 0 Å². The van der Waals surface area contributed by atoms with Crippen molar-refractivity contribution in [1.29, 1.82) is 0 Å². The van der Waals surface area contributed by atoms with Crippen molar-refractivity contribution in [2.45, 2.75) is 0 Å². The lowest BCUT2D eigenvalue weighted by Crippen LogP contribution is -2.09. The molecule has 0 saturated heterocycles. The van der Waals surface area contributed by atoms with E-state index in [1.807, 2.05) is 0 Å². The van der Waals surface area contributed by atoms with Crippen LogP contribution >= 0.6 is 23.2 Å². The van der Waals surface area contributed by atoms with Crippen LogP contribution in [0.3, 0.4) is 0 Å². The number of benzene rings is 1. The predicted molar refractivity (Wildman–Crippen MR) is 54.9 cm³/mol. The van der Waals surface area contributed by atoms with Gasteiger partial charge < -0.3 is 0 Å². The van der Waals surface area contributed by atoms with Crippen LogP contribution in [0.5, 0.6) is 0 Å². The Morgan fingerprint density at radius 1 is 1.31 bits per heavy atom. The third kappa shape index (κ3) is 3.42.